The summed E-state index contributed by atoms with van der Waals surface area (Å²) in [4.78, 5) is 7.03. The Hall–Kier alpha value is -1.38. The average Bonchev–Trinajstić information content (AvgIpc) is 2.94. The Balaban J connectivity index is 2.33. The lowest BCUT2D eigenvalue weighted by Gasteiger charge is -2.15. The highest BCUT2D eigenvalue weighted by Gasteiger charge is 2.23. The Labute approximate surface area is 132 Å². The van der Waals surface area contributed by atoms with Crippen LogP contribution < -0.4 is 9.46 Å². The van der Waals surface area contributed by atoms with Crippen molar-refractivity contribution >= 4 is 26.0 Å². The standard InChI is InChI=1S/C13H16BrN3O3S/c1-3-20-11-5-4-10(14)8-12(11)21(18,19)17-9(2)13-15-6-7-16-13/h4-9,17H,3H2,1-2H3,(H,15,16). The molecule has 114 valence electrons. The van der Waals surface area contributed by atoms with Crippen molar-refractivity contribution in [2.75, 3.05) is 6.61 Å². The van der Waals surface area contributed by atoms with Crippen molar-refractivity contribution in [1.29, 1.82) is 0 Å². The Morgan fingerprint density at radius 1 is 1.48 bits per heavy atom. The monoisotopic (exact) mass is 373 g/mol. The van der Waals surface area contributed by atoms with Gasteiger partial charge in [-0.05, 0) is 32.0 Å². The maximum absolute atomic E-state index is 12.5. The molecule has 0 aliphatic rings. The van der Waals surface area contributed by atoms with E-state index in [1.807, 2.05) is 0 Å². The van der Waals surface area contributed by atoms with Gasteiger partial charge in [0.15, 0.2) is 0 Å². The molecular formula is C13H16BrN3O3S. The van der Waals surface area contributed by atoms with Crippen LogP contribution in [0.25, 0.3) is 0 Å². The molecule has 0 spiro atoms. The highest BCUT2D eigenvalue weighted by atomic mass is 79.9. The molecule has 0 aliphatic carbocycles. The van der Waals surface area contributed by atoms with Gasteiger partial charge in [-0.1, -0.05) is 15.9 Å². The number of aromatic amines is 1. The van der Waals surface area contributed by atoms with Crippen molar-refractivity contribution < 1.29 is 13.2 Å². The summed E-state index contributed by atoms with van der Waals surface area (Å²) in [6.07, 6.45) is 3.22. The summed E-state index contributed by atoms with van der Waals surface area (Å²) in [7, 11) is -3.73. The van der Waals surface area contributed by atoms with Crippen molar-refractivity contribution in [2.45, 2.75) is 24.8 Å². The summed E-state index contributed by atoms with van der Waals surface area (Å²) in [6.45, 7) is 3.91. The van der Waals surface area contributed by atoms with Gasteiger partial charge in [0.1, 0.15) is 16.5 Å². The number of nitrogens with zero attached hydrogens (tertiary/aromatic N) is 1. The third-order valence-corrected chi connectivity index (χ3v) is 4.81. The molecule has 2 N–H and O–H groups in total. The van der Waals surface area contributed by atoms with Crippen molar-refractivity contribution in [3.63, 3.8) is 0 Å². The number of rotatable bonds is 6. The van der Waals surface area contributed by atoms with E-state index in [1.54, 1.807) is 38.4 Å². The van der Waals surface area contributed by atoms with Gasteiger partial charge < -0.3 is 9.72 Å². The number of nitrogens with one attached hydrogen (secondary N) is 2. The molecule has 0 bridgehead atoms. The largest absolute Gasteiger partial charge is 0.492 e. The van der Waals surface area contributed by atoms with E-state index in [4.69, 9.17) is 4.74 Å². The number of halogens is 1. The molecule has 1 heterocycles. The number of sulfonamides is 1. The topological polar surface area (TPSA) is 84.1 Å². The molecule has 6 nitrogen and oxygen atoms in total. The van der Waals surface area contributed by atoms with Gasteiger partial charge in [-0.15, -0.1) is 0 Å². The Kier molecular flexibility index (Phi) is 5.02. The van der Waals surface area contributed by atoms with Gasteiger partial charge in [-0.3, -0.25) is 0 Å². The first-order chi connectivity index (χ1) is 9.94. The molecule has 0 saturated carbocycles. The van der Waals surface area contributed by atoms with Crippen molar-refractivity contribution in [1.82, 2.24) is 14.7 Å². The zero-order valence-electron chi connectivity index (χ0n) is 11.6. The van der Waals surface area contributed by atoms with Crippen LogP contribution in [-0.2, 0) is 10.0 Å². The highest BCUT2D eigenvalue weighted by Crippen LogP contribution is 2.28. The van der Waals surface area contributed by atoms with Crippen LogP contribution in [0.2, 0.25) is 0 Å². The fourth-order valence-electron chi connectivity index (χ4n) is 1.83. The SMILES string of the molecule is CCOc1ccc(Br)cc1S(=O)(=O)NC(C)c1ncc[nH]1. The van der Waals surface area contributed by atoms with Crippen LogP contribution in [0.4, 0.5) is 0 Å². The second-order valence-electron chi connectivity index (χ2n) is 4.34. The van der Waals surface area contributed by atoms with Gasteiger partial charge in [0.2, 0.25) is 10.0 Å². The van der Waals surface area contributed by atoms with Gasteiger partial charge in [-0.2, -0.15) is 0 Å². The van der Waals surface area contributed by atoms with Gasteiger partial charge in [0, 0.05) is 16.9 Å². The van der Waals surface area contributed by atoms with E-state index in [2.05, 4.69) is 30.6 Å². The average molecular weight is 374 g/mol. The molecule has 0 fully saturated rings. The smallest absolute Gasteiger partial charge is 0.244 e. The predicted molar refractivity (Wildman–Crippen MR) is 82.6 cm³/mol. The molecule has 2 aromatic rings. The van der Waals surface area contributed by atoms with Crippen LogP contribution in [0.5, 0.6) is 5.75 Å². The zero-order chi connectivity index (χ0) is 15.5. The summed E-state index contributed by atoms with van der Waals surface area (Å²) in [5.74, 6) is 0.867. The summed E-state index contributed by atoms with van der Waals surface area (Å²) in [6, 6.07) is 4.40. The molecule has 8 heteroatoms. The molecule has 1 aromatic carbocycles. The Morgan fingerprint density at radius 2 is 2.24 bits per heavy atom. The predicted octanol–water partition coefficient (Wildman–Crippen LogP) is 2.61. The maximum atomic E-state index is 12.5. The number of imidazole rings is 1. The molecule has 0 radical (unpaired) electrons. The van der Waals surface area contributed by atoms with Crippen LogP contribution in [-0.4, -0.2) is 25.0 Å². The van der Waals surface area contributed by atoms with Gasteiger partial charge in [-0.25, -0.2) is 18.1 Å². The zero-order valence-corrected chi connectivity index (χ0v) is 14.0. The first-order valence-electron chi connectivity index (χ1n) is 6.38. The third kappa shape index (κ3) is 3.84. The van der Waals surface area contributed by atoms with Crippen LogP contribution in [0.15, 0.2) is 40.0 Å². The molecule has 1 unspecified atom stereocenters. The molecule has 0 saturated heterocycles. The van der Waals surface area contributed by atoms with Crippen LogP contribution in [0, 0.1) is 0 Å². The molecule has 21 heavy (non-hydrogen) atoms. The van der Waals surface area contributed by atoms with E-state index in [0.29, 0.717) is 22.7 Å². The molecule has 2 rings (SSSR count). The molecular weight excluding hydrogens is 358 g/mol. The summed E-state index contributed by atoms with van der Waals surface area (Å²) in [5.41, 5.74) is 0. The van der Waals surface area contributed by atoms with Crippen molar-refractivity contribution in [2.24, 2.45) is 0 Å². The van der Waals surface area contributed by atoms with E-state index in [0.717, 1.165) is 0 Å². The van der Waals surface area contributed by atoms with Gasteiger partial charge in [0.05, 0.1) is 12.6 Å². The fourth-order valence-corrected chi connectivity index (χ4v) is 3.72. The quantitative estimate of drug-likeness (QED) is 0.814. The number of benzene rings is 1. The van der Waals surface area contributed by atoms with Gasteiger partial charge >= 0.3 is 0 Å². The molecule has 1 atom stereocenters. The van der Waals surface area contributed by atoms with Crippen LogP contribution in [0.3, 0.4) is 0 Å². The van der Waals surface area contributed by atoms with E-state index in [-0.39, 0.29) is 4.90 Å². The van der Waals surface area contributed by atoms with E-state index in [1.165, 1.54) is 6.07 Å². The second kappa shape index (κ2) is 6.59. The normalized spacial score (nSPS) is 13.1. The minimum atomic E-state index is -3.73. The van der Waals surface area contributed by atoms with Crippen molar-refractivity contribution in [3.8, 4) is 5.75 Å². The lowest BCUT2D eigenvalue weighted by Crippen LogP contribution is -2.28. The van der Waals surface area contributed by atoms with Crippen LogP contribution >= 0.6 is 15.9 Å². The summed E-state index contributed by atoms with van der Waals surface area (Å²) < 4.78 is 33.7. The number of aromatic nitrogens is 2. The number of hydrogen-bond acceptors (Lipinski definition) is 4. The van der Waals surface area contributed by atoms with E-state index >= 15 is 0 Å². The van der Waals surface area contributed by atoms with Crippen LogP contribution in [0.1, 0.15) is 25.7 Å². The Morgan fingerprint density at radius 3 is 2.86 bits per heavy atom. The molecule has 0 aliphatic heterocycles. The number of H-pyrrole nitrogens is 1. The lowest BCUT2D eigenvalue weighted by molar-refractivity contribution is 0.331. The van der Waals surface area contributed by atoms with Gasteiger partial charge in [0.25, 0.3) is 0 Å². The lowest BCUT2D eigenvalue weighted by atomic mass is 10.3. The fraction of sp³-hybridized carbons (Fsp3) is 0.308. The summed E-state index contributed by atoms with van der Waals surface area (Å²) >= 11 is 3.28. The first kappa shape index (κ1) is 16.0. The Bertz CT molecular complexity index is 701. The molecule has 0 amide bonds. The maximum Gasteiger partial charge on any atom is 0.244 e. The highest BCUT2D eigenvalue weighted by molar-refractivity contribution is 9.10. The number of hydrogen-bond donors (Lipinski definition) is 2. The summed E-state index contributed by atoms with van der Waals surface area (Å²) in [5, 5.41) is 0. The second-order valence-corrected chi connectivity index (χ2v) is 6.94. The number of ether oxygens (including phenoxy) is 1. The molecule has 1 aromatic heterocycles. The minimum Gasteiger partial charge on any atom is -0.492 e. The van der Waals surface area contributed by atoms with Crippen molar-refractivity contribution in [3.05, 3.63) is 40.9 Å². The van der Waals surface area contributed by atoms with E-state index in [9.17, 15) is 8.42 Å². The third-order valence-electron chi connectivity index (χ3n) is 2.76. The first-order valence-corrected chi connectivity index (χ1v) is 8.65. The van der Waals surface area contributed by atoms with E-state index < -0.39 is 16.1 Å². The minimum absolute atomic E-state index is 0.0946.